The van der Waals surface area contributed by atoms with E-state index in [1.165, 1.54) is 12.8 Å². The summed E-state index contributed by atoms with van der Waals surface area (Å²) in [4.78, 5) is 0. The SMILES string of the molecule is CC(C)(C)CCNC(=S)NC1CC1. The summed E-state index contributed by atoms with van der Waals surface area (Å²) in [6.45, 7) is 7.70. The maximum atomic E-state index is 5.14. The third kappa shape index (κ3) is 5.86. The van der Waals surface area contributed by atoms with E-state index in [1.54, 1.807) is 0 Å². The number of hydrogen-bond donors (Lipinski definition) is 2. The molecule has 1 saturated carbocycles. The van der Waals surface area contributed by atoms with E-state index >= 15 is 0 Å². The van der Waals surface area contributed by atoms with Crippen molar-refractivity contribution >= 4 is 17.3 Å². The molecule has 2 N–H and O–H groups in total. The van der Waals surface area contributed by atoms with E-state index in [0.29, 0.717) is 11.5 Å². The molecule has 1 rings (SSSR count). The molecule has 0 saturated heterocycles. The molecule has 0 radical (unpaired) electrons. The Morgan fingerprint density at radius 2 is 2.00 bits per heavy atom. The highest BCUT2D eigenvalue weighted by atomic mass is 32.1. The first-order chi connectivity index (χ1) is 5.97. The normalized spacial score (nSPS) is 16.8. The van der Waals surface area contributed by atoms with Crippen molar-refractivity contribution in [2.75, 3.05) is 6.54 Å². The summed E-state index contributed by atoms with van der Waals surface area (Å²) in [6, 6.07) is 0.662. The molecule has 0 amide bonds. The van der Waals surface area contributed by atoms with Crippen molar-refractivity contribution < 1.29 is 0 Å². The van der Waals surface area contributed by atoms with Gasteiger partial charge in [-0.15, -0.1) is 0 Å². The number of rotatable bonds is 3. The van der Waals surface area contributed by atoms with E-state index < -0.39 is 0 Å². The predicted molar refractivity (Wildman–Crippen MR) is 60.8 cm³/mol. The fourth-order valence-electron chi connectivity index (χ4n) is 1.02. The molecule has 0 unspecified atom stereocenters. The van der Waals surface area contributed by atoms with Gasteiger partial charge >= 0.3 is 0 Å². The van der Waals surface area contributed by atoms with Crippen LogP contribution in [0.25, 0.3) is 0 Å². The van der Waals surface area contributed by atoms with Gasteiger partial charge in [0.25, 0.3) is 0 Å². The molecule has 76 valence electrons. The molecule has 3 heteroatoms. The van der Waals surface area contributed by atoms with Gasteiger partial charge in [0.1, 0.15) is 0 Å². The first-order valence-corrected chi connectivity index (χ1v) is 5.42. The zero-order valence-electron chi connectivity index (χ0n) is 8.81. The van der Waals surface area contributed by atoms with Crippen LogP contribution in [0.4, 0.5) is 0 Å². The first-order valence-electron chi connectivity index (χ1n) is 5.02. The average Bonchev–Trinajstić information content (AvgIpc) is 2.68. The van der Waals surface area contributed by atoms with Crippen LogP contribution < -0.4 is 10.6 Å². The Balaban J connectivity index is 2.01. The van der Waals surface area contributed by atoms with Crippen molar-refractivity contribution in [1.82, 2.24) is 10.6 Å². The largest absolute Gasteiger partial charge is 0.363 e. The second kappa shape index (κ2) is 4.27. The molecular formula is C10H20N2S. The molecule has 0 aromatic heterocycles. The van der Waals surface area contributed by atoms with Gasteiger partial charge in [-0.25, -0.2) is 0 Å². The lowest BCUT2D eigenvalue weighted by Gasteiger charge is -2.19. The second-order valence-electron chi connectivity index (χ2n) is 4.99. The number of thiocarbonyl (C=S) groups is 1. The van der Waals surface area contributed by atoms with E-state index in [-0.39, 0.29) is 0 Å². The Morgan fingerprint density at radius 3 is 2.46 bits per heavy atom. The van der Waals surface area contributed by atoms with Crippen LogP contribution in [-0.2, 0) is 0 Å². The third-order valence-electron chi connectivity index (χ3n) is 2.07. The minimum atomic E-state index is 0.391. The zero-order chi connectivity index (χ0) is 9.90. The van der Waals surface area contributed by atoms with Crippen LogP contribution in [0, 0.1) is 5.41 Å². The Labute approximate surface area is 86.5 Å². The van der Waals surface area contributed by atoms with E-state index in [4.69, 9.17) is 12.2 Å². The van der Waals surface area contributed by atoms with Gasteiger partial charge in [0.2, 0.25) is 0 Å². The standard InChI is InChI=1S/C10H20N2S/c1-10(2,3)6-7-11-9(13)12-8-4-5-8/h8H,4-7H2,1-3H3,(H2,11,12,13). The third-order valence-corrected chi connectivity index (χ3v) is 2.34. The number of nitrogens with one attached hydrogen (secondary N) is 2. The molecule has 2 nitrogen and oxygen atoms in total. The minimum absolute atomic E-state index is 0.391. The monoisotopic (exact) mass is 200 g/mol. The highest BCUT2D eigenvalue weighted by Crippen LogP contribution is 2.19. The summed E-state index contributed by atoms with van der Waals surface area (Å²) < 4.78 is 0. The summed E-state index contributed by atoms with van der Waals surface area (Å²) >= 11 is 5.14. The van der Waals surface area contributed by atoms with Crippen LogP contribution >= 0.6 is 12.2 Å². The lowest BCUT2D eigenvalue weighted by atomic mass is 9.92. The van der Waals surface area contributed by atoms with Crippen LogP contribution in [0.1, 0.15) is 40.0 Å². The van der Waals surface area contributed by atoms with Gasteiger partial charge in [0.05, 0.1) is 0 Å². The molecule has 0 aromatic carbocycles. The first kappa shape index (κ1) is 10.8. The highest BCUT2D eigenvalue weighted by molar-refractivity contribution is 7.80. The maximum Gasteiger partial charge on any atom is 0.166 e. The number of hydrogen-bond acceptors (Lipinski definition) is 1. The van der Waals surface area contributed by atoms with Crippen molar-refractivity contribution in [3.05, 3.63) is 0 Å². The topological polar surface area (TPSA) is 24.1 Å². The van der Waals surface area contributed by atoms with Gasteiger partial charge < -0.3 is 10.6 Å². The predicted octanol–water partition coefficient (Wildman–Crippen LogP) is 2.05. The van der Waals surface area contributed by atoms with Gasteiger partial charge in [-0.2, -0.15) is 0 Å². The van der Waals surface area contributed by atoms with Gasteiger partial charge in [0, 0.05) is 12.6 Å². The molecule has 1 fully saturated rings. The van der Waals surface area contributed by atoms with E-state index in [1.807, 2.05) is 0 Å². The zero-order valence-corrected chi connectivity index (χ0v) is 9.63. The Kier molecular flexibility index (Phi) is 3.54. The van der Waals surface area contributed by atoms with Crippen LogP contribution in [0.2, 0.25) is 0 Å². The summed E-state index contributed by atoms with van der Waals surface area (Å²) in [5.41, 5.74) is 0.391. The van der Waals surface area contributed by atoms with Crippen LogP contribution in [0.5, 0.6) is 0 Å². The van der Waals surface area contributed by atoms with Crippen LogP contribution in [-0.4, -0.2) is 17.7 Å². The molecule has 0 aromatic rings. The highest BCUT2D eigenvalue weighted by Gasteiger charge is 2.21. The molecule has 0 bridgehead atoms. The summed E-state index contributed by atoms with van der Waals surface area (Å²) in [7, 11) is 0. The minimum Gasteiger partial charge on any atom is -0.363 e. The lowest BCUT2D eigenvalue weighted by molar-refractivity contribution is 0.377. The Morgan fingerprint density at radius 1 is 1.38 bits per heavy atom. The molecule has 0 heterocycles. The van der Waals surface area contributed by atoms with Crippen molar-refractivity contribution in [1.29, 1.82) is 0 Å². The van der Waals surface area contributed by atoms with Crippen LogP contribution in [0.3, 0.4) is 0 Å². The van der Waals surface area contributed by atoms with Crippen LogP contribution in [0.15, 0.2) is 0 Å². The molecule has 0 spiro atoms. The second-order valence-corrected chi connectivity index (χ2v) is 5.39. The van der Waals surface area contributed by atoms with Crippen molar-refractivity contribution in [3.63, 3.8) is 0 Å². The molecule has 1 aliphatic carbocycles. The molecule has 13 heavy (non-hydrogen) atoms. The fraction of sp³-hybridized carbons (Fsp3) is 0.900. The van der Waals surface area contributed by atoms with Gasteiger partial charge in [-0.3, -0.25) is 0 Å². The summed E-state index contributed by atoms with van der Waals surface area (Å²) in [5, 5.41) is 7.32. The molecule has 1 aliphatic rings. The van der Waals surface area contributed by atoms with Gasteiger partial charge in [0.15, 0.2) is 5.11 Å². The van der Waals surface area contributed by atoms with E-state index in [0.717, 1.165) is 18.1 Å². The maximum absolute atomic E-state index is 5.14. The Bertz CT molecular complexity index is 180. The molecule has 0 aliphatic heterocycles. The molecule has 0 atom stereocenters. The van der Waals surface area contributed by atoms with E-state index in [9.17, 15) is 0 Å². The molecular weight excluding hydrogens is 180 g/mol. The van der Waals surface area contributed by atoms with Gasteiger partial charge in [-0.05, 0) is 36.9 Å². The average molecular weight is 200 g/mol. The fourth-order valence-corrected chi connectivity index (χ4v) is 1.28. The lowest BCUT2D eigenvalue weighted by Crippen LogP contribution is -2.37. The summed E-state index contributed by atoms with van der Waals surface area (Å²) in [5.74, 6) is 0. The van der Waals surface area contributed by atoms with Crippen molar-refractivity contribution in [3.8, 4) is 0 Å². The summed E-state index contributed by atoms with van der Waals surface area (Å²) in [6.07, 6.45) is 3.71. The van der Waals surface area contributed by atoms with Crippen molar-refractivity contribution in [2.45, 2.75) is 46.1 Å². The smallest absolute Gasteiger partial charge is 0.166 e. The van der Waals surface area contributed by atoms with E-state index in [2.05, 4.69) is 31.4 Å². The van der Waals surface area contributed by atoms with Crippen molar-refractivity contribution in [2.24, 2.45) is 5.41 Å². The Hall–Kier alpha value is -0.310. The van der Waals surface area contributed by atoms with Gasteiger partial charge in [-0.1, -0.05) is 20.8 Å². The quantitative estimate of drug-likeness (QED) is 0.682.